The van der Waals surface area contributed by atoms with Gasteiger partial charge in [-0.2, -0.15) is 13.2 Å². The Balaban J connectivity index is 1.71. The number of carbonyl (C=O) groups is 2. The zero-order valence-corrected chi connectivity index (χ0v) is 12.9. The molecule has 2 amide bonds. The number of amides is 2. The molecule has 5 nitrogen and oxygen atoms in total. The van der Waals surface area contributed by atoms with Crippen molar-refractivity contribution in [3.8, 4) is 0 Å². The number of carbonyl (C=O) groups excluding carboxylic acids is 2. The number of nitrogens with one attached hydrogen (secondary N) is 3. The van der Waals surface area contributed by atoms with Crippen LogP contribution in [0.2, 0.25) is 0 Å². The Kier molecular flexibility index (Phi) is 4.35. The van der Waals surface area contributed by atoms with Crippen molar-refractivity contribution in [2.45, 2.75) is 18.6 Å². The average molecular weight is 349 g/mol. The molecule has 1 atom stereocenters. The van der Waals surface area contributed by atoms with Gasteiger partial charge in [-0.3, -0.25) is 9.59 Å². The third-order valence-electron chi connectivity index (χ3n) is 3.73. The van der Waals surface area contributed by atoms with E-state index < -0.39 is 29.6 Å². The molecule has 130 valence electrons. The first-order chi connectivity index (χ1) is 11.8. The lowest BCUT2D eigenvalue weighted by atomic mass is 10.1. The SMILES string of the molecule is O=C(CC1Nc2ccccc2NC1=O)Nc1ccccc1C(F)(F)F. The third-order valence-corrected chi connectivity index (χ3v) is 3.73. The summed E-state index contributed by atoms with van der Waals surface area (Å²) in [5.41, 5.74) is -0.0338. The van der Waals surface area contributed by atoms with Crippen LogP contribution in [0.25, 0.3) is 0 Å². The van der Waals surface area contributed by atoms with Crippen LogP contribution < -0.4 is 16.0 Å². The summed E-state index contributed by atoms with van der Waals surface area (Å²) >= 11 is 0. The Morgan fingerprint density at radius 2 is 1.68 bits per heavy atom. The van der Waals surface area contributed by atoms with Crippen molar-refractivity contribution in [3.05, 3.63) is 54.1 Å². The second-order valence-corrected chi connectivity index (χ2v) is 5.53. The van der Waals surface area contributed by atoms with Gasteiger partial charge in [0.1, 0.15) is 6.04 Å². The first-order valence-electron chi connectivity index (χ1n) is 7.47. The molecule has 2 aromatic rings. The van der Waals surface area contributed by atoms with Crippen molar-refractivity contribution in [2.24, 2.45) is 0 Å². The van der Waals surface area contributed by atoms with Gasteiger partial charge in [0, 0.05) is 0 Å². The molecule has 0 fully saturated rings. The van der Waals surface area contributed by atoms with Crippen molar-refractivity contribution in [1.29, 1.82) is 0 Å². The predicted molar refractivity (Wildman–Crippen MR) is 87.2 cm³/mol. The number of hydrogen-bond donors (Lipinski definition) is 3. The monoisotopic (exact) mass is 349 g/mol. The van der Waals surface area contributed by atoms with E-state index in [0.29, 0.717) is 11.4 Å². The van der Waals surface area contributed by atoms with Crippen LogP contribution in [0.1, 0.15) is 12.0 Å². The lowest BCUT2D eigenvalue weighted by molar-refractivity contribution is -0.137. The fraction of sp³-hybridized carbons (Fsp3) is 0.176. The molecule has 0 radical (unpaired) electrons. The van der Waals surface area contributed by atoms with Crippen LogP contribution in [0.4, 0.5) is 30.2 Å². The molecule has 0 saturated heterocycles. The average Bonchev–Trinajstić information content (AvgIpc) is 2.55. The summed E-state index contributed by atoms with van der Waals surface area (Å²) in [6, 6.07) is 10.8. The highest BCUT2D eigenvalue weighted by molar-refractivity contribution is 6.06. The molecule has 1 aliphatic heterocycles. The van der Waals surface area contributed by atoms with E-state index in [9.17, 15) is 22.8 Å². The van der Waals surface area contributed by atoms with Gasteiger partial charge in [0.05, 0.1) is 29.0 Å². The Labute approximate surface area is 141 Å². The normalized spacial score (nSPS) is 16.4. The highest BCUT2D eigenvalue weighted by Crippen LogP contribution is 2.34. The van der Waals surface area contributed by atoms with Crippen molar-refractivity contribution >= 4 is 28.9 Å². The van der Waals surface area contributed by atoms with Crippen LogP contribution in [0.15, 0.2) is 48.5 Å². The Bertz CT molecular complexity index is 821. The van der Waals surface area contributed by atoms with Gasteiger partial charge in [0.2, 0.25) is 11.8 Å². The van der Waals surface area contributed by atoms with Gasteiger partial charge in [0.15, 0.2) is 0 Å². The minimum atomic E-state index is -4.58. The summed E-state index contributed by atoms with van der Waals surface area (Å²) in [6.07, 6.45) is -4.88. The molecule has 0 spiro atoms. The molecule has 0 bridgehead atoms. The lowest BCUT2D eigenvalue weighted by Crippen LogP contribution is -2.41. The first kappa shape index (κ1) is 16.8. The number of benzene rings is 2. The number of rotatable bonds is 3. The maximum absolute atomic E-state index is 13.0. The Morgan fingerprint density at radius 1 is 1.04 bits per heavy atom. The molecular weight excluding hydrogens is 335 g/mol. The second-order valence-electron chi connectivity index (χ2n) is 5.53. The van der Waals surface area contributed by atoms with Gasteiger partial charge < -0.3 is 16.0 Å². The van der Waals surface area contributed by atoms with Crippen LogP contribution in [-0.4, -0.2) is 17.9 Å². The van der Waals surface area contributed by atoms with Gasteiger partial charge in [0.25, 0.3) is 0 Å². The molecule has 1 aliphatic rings. The molecule has 1 heterocycles. The van der Waals surface area contributed by atoms with E-state index in [1.807, 2.05) is 0 Å². The highest BCUT2D eigenvalue weighted by Gasteiger charge is 2.34. The molecule has 1 unspecified atom stereocenters. The number of fused-ring (bicyclic) bond motifs is 1. The Morgan fingerprint density at radius 3 is 2.40 bits per heavy atom. The van der Waals surface area contributed by atoms with Crippen LogP contribution in [0.5, 0.6) is 0 Å². The summed E-state index contributed by atoms with van der Waals surface area (Å²) in [5.74, 6) is -1.11. The van der Waals surface area contributed by atoms with Gasteiger partial charge >= 0.3 is 6.18 Å². The molecule has 8 heteroatoms. The van der Waals surface area contributed by atoms with Gasteiger partial charge in [-0.1, -0.05) is 24.3 Å². The maximum atomic E-state index is 13.0. The number of alkyl halides is 3. The standard InChI is InChI=1S/C17H14F3N3O2/c18-17(19,20)10-5-1-2-6-11(10)22-15(24)9-14-16(25)23-13-8-4-3-7-12(13)21-14/h1-8,14,21H,9H2,(H,22,24)(H,23,25). The van der Waals surface area contributed by atoms with Crippen molar-refractivity contribution < 1.29 is 22.8 Å². The van der Waals surface area contributed by atoms with E-state index in [4.69, 9.17) is 0 Å². The second kappa shape index (κ2) is 6.46. The van der Waals surface area contributed by atoms with Crippen LogP contribution in [-0.2, 0) is 15.8 Å². The molecule has 25 heavy (non-hydrogen) atoms. The number of para-hydroxylation sites is 3. The van der Waals surface area contributed by atoms with E-state index in [1.54, 1.807) is 24.3 Å². The fourth-order valence-corrected chi connectivity index (χ4v) is 2.56. The molecule has 0 aromatic heterocycles. The van der Waals surface area contributed by atoms with E-state index in [2.05, 4.69) is 16.0 Å². The fourth-order valence-electron chi connectivity index (χ4n) is 2.56. The van der Waals surface area contributed by atoms with Gasteiger partial charge in [-0.25, -0.2) is 0 Å². The lowest BCUT2D eigenvalue weighted by Gasteiger charge is -2.26. The van der Waals surface area contributed by atoms with E-state index >= 15 is 0 Å². The summed E-state index contributed by atoms with van der Waals surface area (Å²) in [7, 11) is 0. The van der Waals surface area contributed by atoms with Crippen molar-refractivity contribution in [1.82, 2.24) is 0 Å². The van der Waals surface area contributed by atoms with E-state index in [1.165, 1.54) is 18.2 Å². The van der Waals surface area contributed by atoms with Crippen molar-refractivity contribution in [2.75, 3.05) is 16.0 Å². The zero-order chi connectivity index (χ0) is 18.0. The van der Waals surface area contributed by atoms with Crippen LogP contribution in [0.3, 0.4) is 0 Å². The van der Waals surface area contributed by atoms with E-state index in [-0.39, 0.29) is 12.1 Å². The topological polar surface area (TPSA) is 70.2 Å². The smallest absolute Gasteiger partial charge is 0.372 e. The molecule has 3 rings (SSSR count). The third kappa shape index (κ3) is 3.73. The van der Waals surface area contributed by atoms with Crippen molar-refractivity contribution in [3.63, 3.8) is 0 Å². The van der Waals surface area contributed by atoms with Crippen LogP contribution in [0, 0.1) is 0 Å². The molecule has 2 aromatic carbocycles. The first-order valence-corrected chi connectivity index (χ1v) is 7.47. The van der Waals surface area contributed by atoms with Gasteiger partial charge in [-0.15, -0.1) is 0 Å². The van der Waals surface area contributed by atoms with Crippen LogP contribution >= 0.6 is 0 Å². The number of halogens is 3. The summed E-state index contributed by atoms with van der Waals surface area (Å²) in [6.45, 7) is 0. The number of hydrogen-bond acceptors (Lipinski definition) is 3. The van der Waals surface area contributed by atoms with Gasteiger partial charge in [-0.05, 0) is 24.3 Å². The summed E-state index contributed by atoms with van der Waals surface area (Å²) in [5, 5.41) is 7.80. The highest BCUT2D eigenvalue weighted by atomic mass is 19.4. The number of anilines is 3. The summed E-state index contributed by atoms with van der Waals surface area (Å²) < 4.78 is 38.9. The molecular formula is C17H14F3N3O2. The summed E-state index contributed by atoms with van der Waals surface area (Å²) in [4.78, 5) is 24.2. The Hall–Kier alpha value is -3.03. The molecule has 0 aliphatic carbocycles. The minimum absolute atomic E-state index is 0.299. The quantitative estimate of drug-likeness (QED) is 0.795. The largest absolute Gasteiger partial charge is 0.418 e. The van der Waals surface area contributed by atoms with E-state index in [0.717, 1.165) is 6.07 Å². The minimum Gasteiger partial charge on any atom is -0.372 e. The maximum Gasteiger partial charge on any atom is 0.418 e. The molecule has 3 N–H and O–H groups in total. The molecule has 0 saturated carbocycles. The predicted octanol–water partition coefficient (Wildman–Crippen LogP) is 3.47. The zero-order valence-electron chi connectivity index (χ0n) is 12.9.